The van der Waals surface area contributed by atoms with E-state index >= 15 is 0 Å². The minimum absolute atomic E-state index is 0.893. The zero-order valence-electron chi connectivity index (χ0n) is 12.1. The number of aryl methyl sites for hydroxylation is 3. The molecule has 0 spiro atoms. The van der Waals surface area contributed by atoms with Gasteiger partial charge in [0, 0.05) is 16.8 Å². The summed E-state index contributed by atoms with van der Waals surface area (Å²) in [5.41, 5.74) is 2.65. The van der Waals surface area contributed by atoms with E-state index in [2.05, 4.69) is 54.1 Å². The van der Waals surface area contributed by atoms with E-state index in [1.54, 1.807) is 29.0 Å². The Bertz CT molecular complexity index is 758. The maximum Gasteiger partial charge on any atom is 0.141 e. The van der Waals surface area contributed by atoms with Gasteiger partial charge in [0.05, 0.1) is 11.9 Å². The largest absolute Gasteiger partial charge is 0.354 e. The summed E-state index contributed by atoms with van der Waals surface area (Å²) in [6, 6.07) is 2.17. The van der Waals surface area contributed by atoms with Crippen molar-refractivity contribution < 1.29 is 0 Å². The average Bonchev–Trinajstić information content (AvgIpc) is 2.95. The highest BCUT2D eigenvalue weighted by Crippen LogP contribution is 2.34. The number of hydrogen-bond donors (Lipinski definition) is 0. The van der Waals surface area contributed by atoms with Gasteiger partial charge in [-0.1, -0.05) is 0 Å². The number of anilines is 1. The van der Waals surface area contributed by atoms with E-state index in [9.17, 15) is 0 Å². The van der Waals surface area contributed by atoms with Crippen molar-refractivity contribution in [2.75, 3.05) is 11.9 Å². The van der Waals surface area contributed by atoms with Crippen LogP contribution >= 0.6 is 22.7 Å². The number of nitrogens with zero attached hydrogens (tertiary/aromatic N) is 3. The second-order valence-corrected chi connectivity index (χ2v) is 7.25. The molecule has 0 saturated carbocycles. The van der Waals surface area contributed by atoms with Crippen molar-refractivity contribution in [2.24, 2.45) is 0 Å². The molecule has 3 aromatic rings. The quantitative estimate of drug-likeness (QED) is 0.722. The molecule has 0 radical (unpaired) electrons. The van der Waals surface area contributed by atoms with Gasteiger partial charge in [0.25, 0.3) is 0 Å². The molecular formula is C15H17N3S2. The smallest absolute Gasteiger partial charge is 0.141 e. The summed E-state index contributed by atoms with van der Waals surface area (Å²) in [5, 5.41) is 3.35. The molecule has 3 heterocycles. The first-order valence-corrected chi connectivity index (χ1v) is 8.22. The van der Waals surface area contributed by atoms with Crippen LogP contribution in [0.4, 0.5) is 5.82 Å². The Labute approximate surface area is 126 Å². The van der Waals surface area contributed by atoms with Gasteiger partial charge in [0.15, 0.2) is 0 Å². The second kappa shape index (κ2) is 5.14. The molecule has 3 nitrogen and oxygen atoms in total. The Hall–Kier alpha value is -1.46. The SMILES string of the molecule is Cc1ccsc1CN(C)c1ncnc2sc(C)c(C)c12. The number of hydrogen-bond acceptors (Lipinski definition) is 5. The molecule has 0 aliphatic heterocycles. The van der Waals surface area contributed by atoms with Crippen LogP contribution in [0.25, 0.3) is 10.2 Å². The molecule has 20 heavy (non-hydrogen) atoms. The summed E-state index contributed by atoms with van der Waals surface area (Å²) < 4.78 is 0. The Morgan fingerprint density at radius 1 is 1.20 bits per heavy atom. The third-order valence-electron chi connectivity index (χ3n) is 3.66. The van der Waals surface area contributed by atoms with Crippen LogP contribution in [-0.4, -0.2) is 17.0 Å². The van der Waals surface area contributed by atoms with Gasteiger partial charge in [-0.25, -0.2) is 9.97 Å². The third-order valence-corrected chi connectivity index (χ3v) is 5.78. The minimum Gasteiger partial charge on any atom is -0.354 e. The van der Waals surface area contributed by atoms with Crippen LogP contribution in [0, 0.1) is 20.8 Å². The molecule has 3 rings (SSSR count). The Morgan fingerprint density at radius 3 is 2.70 bits per heavy atom. The van der Waals surface area contributed by atoms with E-state index in [0.717, 1.165) is 17.2 Å². The maximum atomic E-state index is 4.52. The highest BCUT2D eigenvalue weighted by Gasteiger charge is 2.15. The predicted octanol–water partition coefficient (Wildman–Crippen LogP) is 4.31. The summed E-state index contributed by atoms with van der Waals surface area (Å²) >= 11 is 3.55. The molecule has 0 aromatic carbocycles. The number of rotatable bonds is 3. The van der Waals surface area contributed by atoms with Gasteiger partial charge in [-0.15, -0.1) is 22.7 Å². The fraction of sp³-hybridized carbons (Fsp3) is 0.333. The fourth-order valence-corrected chi connectivity index (χ4v) is 4.26. The molecular weight excluding hydrogens is 286 g/mol. The molecule has 0 aliphatic rings. The summed E-state index contributed by atoms with van der Waals surface area (Å²) in [7, 11) is 2.10. The van der Waals surface area contributed by atoms with Crippen molar-refractivity contribution in [1.29, 1.82) is 0 Å². The Morgan fingerprint density at radius 2 is 2.00 bits per heavy atom. The normalized spacial score (nSPS) is 11.2. The van der Waals surface area contributed by atoms with Gasteiger partial charge >= 0.3 is 0 Å². The van der Waals surface area contributed by atoms with Crippen LogP contribution < -0.4 is 4.90 Å². The molecule has 104 valence electrons. The molecule has 3 aromatic heterocycles. The molecule has 0 bridgehead atoms. The van der Waals surface area contributed by atoms with E-state index in [1.165, 1.54) is 26.3 Å². The standard InChI is InChI=1S/C15H17N3S2/c1-9-5-6-19-12(9)7-18(4)14-13-10(2)11(3)20-15(13)17-8-16-14/h5-6,8H,7H2,1-4H3. The predicted molar refractivity (Wildman–Crippen MR) is 88.1 cm³/mol. The number of thiophene rings is 2. The molecule has 0 aliphatic carbocycles. The molecule has 0 atom stereocenters. The highest BCUT2D eigenvalue weighted by molar-refractivity contribution is 7.18. The molecule has 5 heteroatoms. The van der Waals surface area contributed by atoms with Gasteiger partial charge in [0.1, 0.15) is 17.0 Å². The summed E-state index contributed by atoms with van der Waals surface area (Å²) in [6.07, 6.45) is 1.67. The van der Waals surface area contributed by atoms with Crippen LogP contribution in [-0.2, 0) is 6.54 Å². The van der Waals surface area contributed by atoms with E-state index in [0.29, 0.717) is 0 Å². The van der Waals surface area contributed by atoms with Crippen molar-refractivity contribution in [2.45, 2.75) is 27.3 Å². The lowest BCUT2D eigenvalue weighted by molar-refractivity contribution is 0.909. The summed E-state index contributed by atoms with van der Waals surface area (Å²) in [6.45, 7) is 7.36. The second-order valence-electron chi connectivity index (χ2n) is 5.04. The molecule has 0 amide bonds. The van der Waals surface area contributed by atoms with Crippen molar-refractivity contribution in [3.8, 4) is 0 Å². The monoisotopic (exact) mass is 303 g/mol. The van der Waals surface area contributed by atoms with Crippen LogP contribution in [0.3, 0.4) is 0 Å². The molecule has 0 unspecified atom stereocenters. The van der Waals surface area contributed by atoms with Crippen molar-refractivity contribution in [1.82, 2.24) is 9.97 Å². The summed E-state index contributed by atoms with van der Waals surface area (Å²) in [4.78, 5) is 14.9. The lowest BCUT2D eigenvalue weighted by Gasteiger charge is -2.19. The number of aromatic nitrogens is 2. The highest BCUT2D eigenvalue weighted by atomic mass is 32.1. The molecule has 0 saturated heterocycles. The van der Waals surface area contributed by atoms with Crippen LogP contribution in [0.5, 0.6) is 0 Å². The zero-order chi connectivity index (χ0) is 14.3. The van der Waals surface area contributed by atoms with Crippen LogP contribution in [0.1, 0.15) is 20.9 Å². The first kappa shape index (κ1) is 13.5. The number of fused-ring (bicyclic) bond motifs is 1. The van der Waals surface area contributed by atoms with Gasteiger partial charge in [0.2, 0.25) is 0 Å². The van der Waals surface area contributed by atoms with Gasteiger partial charge in [-0.2, -0.15) is 0 Å². The van der Waals surface area contributed by atoms with Gasteiger partial charge in [-0.3, -0.25) is 0 Å². The average molecular weight is 303 g/mol. The van der Waals surface area contributed by atoms with E-state index < -0.39 is 0 Å². The Balaban J connectivity index is 2.03. The summed E-state index contributed by atoms with van der Waals surface area (Å²) in [5.74, 6) is 1.03. The van der Waals surface area contributed by atoms with Crippen molar-refractivity contribution in [3.05, 3.63) is 38.7 Å². The first-order valence-electron chi connectivity index (χ1n) is 6.52. The fourth-order valence-electron chi connectivity index (χ4n) is 2.31. The maximum absolute atomic E-state index is 4.52. The lowest BCUT2D eigenvalue weighted by Crippen LogP contribution is -2.18. The molecule has 0 fully saturated rings. The topological polar surface area (TPSA) is 29.0 Å². The van der Waals surface area contributed by atoms with Gasteiger partial charge < -0.3 is 4.90 Å². The minimum atomic E-state index is 0.893. The molecule has 0 N–H and O–H groups in total. The van der Waals surface area contributed by atoms with Crippen molar-refractivity contribution >= 4 is 38.7 Å². The first-order chi connectivity index (χ1) is 9.58. The van der Waals surface area contributed by atoms with Gasteiger partial charge in [-0.05, 0) is 43.3 Å². The van der Waals surface area contributed by atoms with E-state index in [4.69, 9.17) is 0 Å². The lowest BCUT2D eigenvalue weighted by atomic mass is 10.2. The Kier molecular flexibility index (Phi) is 3.48. The zero-order valence-corrected chi connectivity index (χ0v) is 13.7. The van der Waals surface area contributed by atoms with Crippen LogP contribution in [0.2, 0.25) is 0 Å². The van der Waals surface area contributed by atoms with E-state index in [-0.39, 0.29) is 0 Å². The van der Waals surface area contributed by atoms with Crippen molar-refractivity contribution in [3.63, 3.8) is 0 Å². The van der Waals surface area contributed by atoms with Crippen LogP contribution in [0.15, 0.2) is 17.8 Å². The third kappa shape index (κ3) is 2.21. The van der Waals surface area contributed by atoms with E-state index in [1.807, 2.05) is 0 Å².